The first-order chi connectivity index (χ1) is 9.16. The predicted octanol–water partition coefficient (Wildman–Crippen LogP) is 1.55. The quantitative estimate of drug-likeness (QED) is 0.873. The van der Waals surface area contributed by atoms with Crippen LogP contribution in [0.5, 0.6) is 0 Å². The number of carbonyl (C=O) groups excluding carboxylic acids is 1. The van der Waals surface area contributed by atoms with Gasteiger partial charge in [-0.05, 0) is 13.8 Å². The second-order valence-electron chi connectivity index (χ2n) is 5.92. The van der Waals surface area contributed by atoms with Crippen LogP contribution >= 0.6 is 0 Å². The smallest absolute Gasteiger partial charge is 0.241 e. The molecule has 0 radical (unpaired) electrons. The Morgan fingerprint density at radius 3 is 2.45 bits per heavy atom. The zero-order valence-electron chi connectivity index (χ0n) is 13.2. The van der Waals surface area contributed by atoms with Crippen molar-refractivity contribution in [3.63, 3.8) is 0 Å². The molecule has 1 amide bonds. The summed E-state index contributed by atoms with van der Waals surface area (Å²) in [4.78, 5) is 22.3. The number of likely N-dealkylation sites (N-methyl/N-ethyl adjacent to an activating group) is 1. The van der Waals surface area contributed by atoms with Crippen LogP contribution in [0, 0.1) is 6.92 Å². The fourth-order valence-corrected chi connectivity index (χ4v) is 1.51. The molecule has 6 heteroatoms. The lowest BCUT2D eigenvalue weighted by atomic mass is 9.95. The maximum Gasteiger partial charge on any atom is 0.241 e. The molecule has 0 aromatic carbocycles. The van der Waals surface area contributed by atoms with Gasteiger partial charge in [-0.3, -0.25) is 4.79 Å². The van der Waals surface area contributed by atoms with Crippen LogP contribution in [0.15, 0.2) is 0 Å². The van der Waals surface area contributed by atoms with E-state index < -0.39 is 0 Å². The summed E-state index contributed by atoms with van der Waals surface area (Å²) in [6, 6.07) is 0. The van der Waals surface area contributed by atoms with Crippen LogP contribution in [0.2, 0.25) is 0 Å². The van der Waals surface area contributed by atoms with Crippen molar-refractivity contribution in [2.75, 3.05) is 31.2 Å². The zero-order valence-corrected chi connectivity index (χ0v) is 13.2. The van der Waals surface area contributed by atoms with Crippen LogP contribution in [-0.2, 0) is 10.2 Å². The highest BCUT2D eigenvalue weighted by atomic mass is 16.2. The summed E-state index contributed by atoms with van der Waals surface area (Å²) in [5.74, 6) is 1.75. The Kier molecular flexibility index (Phi) is 4.92. The third-order valence-electron chi connectivity index (χ3n) is 3.16. The Balaban J connectivity index is 2.95. The normalized spacial score (nSPS) is 11.3. The number of nitrogens with zero attached hydrogens (tertiary/aromatic N) is 3. The van der Waals surface area contributed by atoms with Gasteiger partial charge < -0.3 is 16.0 Å². The topological polar surface area (TPSA) is 84.1 Å². The van der Waals surface area contributed by atoms with E-state index in [0.29, 0.717) is 24.0 Å². The molecule has 0 atom stereocenters. The average Bonchev–Trinajstić information content (AvgIpc) is 2.37. The Bertz CT molecular complexity index is 493. The minimum atomic E-state index is -0.192. The molecule has 0 bridgehead atoms. The number of aromatic nitrogens is 2. The van der Waals surface area contributed by atoms with Crippen LogP contribution in [-0.4, -0.2) is 40.9 Å². The van der Waals surface area contributed by atoms with Crippen molar-refractivity contribution >= 4 is 17.5 Å². The van der Waals surface area contributed by atoms with Crippen molar-refractivity contribution in [1.29, 1.82) is 0 Å². The third-order valence-corrected chi connectivity index (χ3v) is 3.16. The van der Waals surface area contributed by atoms with Gasteiger partial charge in [0.1, 0.15) is 17.5 Å². The van der Waals surface area contributed by atoms with Crippen LogP contribution < -0.4 is 11.1 Å². The zero-order chi connectivity index (χ0) is 15.5. The van der Waals surface area contributed by atoms with E-state index in [-0.39, 0.29) is 17.9 Å². The van der Waals surface area contributed by atoms with E-state index in [1.54, 1.807) is 11.9 Å². The molecule has 1 aromatic rings. The molecular weight excluding hydrogens is 254 g/mol. The highest BCUT2D eigenvalue weighted by Gasteiger charge is 2.20. The fourth-order valence-electron chi connectivity index (χ4n) is 1.51. The molecule has 0 aliphatic rings. The predicted molar refractivity (Wildman–Crippen MR) is 81.7 cm³/mol. The van der Waals surface area contributed by atoms with Gasteiger partial charge in [0.2, 0.25) is 5.91 Å². The van der Waals surface area contributed by atoms with Gasteiger partial charge in [-0.25, -0.2) is 9.97 Å². The molecule has 0 aliphatic carbocycles. The van der Waals surface area contributed by atoms with Gasteiger partial charge in [-0.15, -0.1) is 0 Å². The number of hydrogen-bond donors (Lipinski definition) is 2. The highest BCUT2D eigenvalue weighted by molar-refractivity contribution is 5.80. The van der Waals surface area contributed by atoms with Crippen molar-refractivity contribution in [1.82, 2.24) is 14.9 Å². The molecule has 20 heavy (non-hydrogen) atoms. The van der Waals surface area contributed by atoms with E-state index in [4.69, 9.17) is 5.73 Å². The van der Waals surface area contributed by atoms with Crippen LogP contribution in [0.1, 0.15) is 39.1 Å². The van der Waals surface area contributed by atoms with Gasteiger partial charge >= 0.3 is 0 Å². The first-order valence-electron chi connectivity index (χ1n) is 6.79. The number of nitrogens with two attached hydrogens (primary N) is 1. The average molecular weight is 279 g/mol. The first kappa shape index (κ1) is 16.2. The largest absolute Gasteiger partial charge is 0.383 e. The minimum Gasteiger partial charge on any atom is -0.383 e. The SMILES string of the molecule is CCN(C)C(=O)CNc1nc(C(C)(C)C)nc(N)c1C. The van der Waals surface area contributed by atoms with Crippen molar-refractivity contribution in [2.24, 2.45) is 0 Å². The summed E-state index contributed by atoms with van der Waals surface area (Å²) in [7, 11) is 1.77. The van der Waals surface area contributed by atoms with Crippen molar-refractivity contribution in [2.45, 2.75) is 40.0 Å². The lowest BCUT2D eigenvalue weighted by Crippen LogP contribution is -2.32. The number of hydrogen-bond acceptors (Lipinski definition) is 5. The van der Waals surface area contributed by atoms with Crippen LogP contribution in [0.4, 0.5) is 11.6 Å². The van der Waals surface area contributed by atoms with E-state index in [9.17, 15) is 4.79 Å². The van der Waals surface area contributed by atoms with E-state index in [1.807, 2.05) is 34.6 Å². The lowest BCUT2D eigenvalue weighted by molar-refractivity contribution is -0.127. The molecule has 0 aliphatic heterocycles. The number of rotatable bonds is 4. The summed E-state index contributed by atoms with van der Waals surface area (Å²) < 4.78 is 0. The van der Waals surface area contributed by atoms with Crippen molar-refractivity contribution in [3.8, 4) is 0 Å². The molecule has 0 unspecified atom stereocenters. The van der Waals surface area contributed by atoms with E-state index >= 15 is 0 Å². The first-order valence-corrected chi connectivity index (χ1v) is 6.79. The van der Waals surface area contributed by atoms with Gasteiger partial charge in [0, 0.05) is 24.6 Å². The second kappa shape index (κ2) is 6.07. The number of nitrogen functional groups attached to an aromatic ring is 1. The van der Waals surface area contributed by atoms with Crippen LogP contribution in [0.25, 0.3) is 0 Å². The molecule has 0 saturated carbocycles. The number of nitrogens with one attached hydrogen (secondary N) is 1. The Morgan fingerprint density at radius 2 is 1.95 bits per heavy atom. The summed E-state index contributed by atoms with van der Waals surface area (Å²) >= 11 is 0. The molecule has 0 fully saturated rings. The van der Waals surface area contributed by atoms with E-state index in [1.165, 1.54) is 0 Å². The molecule has 1 aromatic heterocycles. The number of anilines is 2. The van der Waals surface area contributed by atoms with Gasteiger partial charge in [-0.1, -0.05) is 20.8 Å². The molecular formula is C14H25N5O. The minimum absolute atomic E-state index is 0.0152. The standard InChI is InChI=1S/C14H25N5O/c1-7-19(6)10(20)8-16-12-9(2)11(15)17-13(18-12)14(3,4)5/h7-8H2,1-6H3,(H3,15,16,17,18). The summed E-state index contributed by atoms with van der Waals surface area (Å²) in [5, 5.41) is 3.06. The van der Waals surface area contributed by atoms with Gasteiger partial charge in [0.05, 0.1) is 6.54 Å². The summed E-state index contributed by atoms with van der Waals surface area (Å²) in [5.41, 5.74) is 6.50. The van der Waals surface area contributed by atoms with Crippen LogP contribution in [0.3, 0.4) is 0 Å². The molecule has 0 saturated heterocycles. The van der Waals surface area contributed by atoms with Gasteiger partial charge in [0.25, 0.3) is 0 Å². The number of amides is 1. The van der Waals surface area contributed by atoms with Crippen molar-refractivity contribution in [3.05, 3.63) is 11.4 Å². The van der Waals surface area contributed by atoms with E-state index in [2.05, 4.69) is 15.3 Å². The summed E-state index contributed by atoms with van der Waals surface area (Å²) in [6.07, 6.45) is 0. The second-order valence-corrected chi connectivity index (χ2v) is 5.92. The van der Waals surface area contributed by atoms with Gasteiger partial charge in [-0.2, -0.15) is 0 Å². The monoisotopic (exact) mass is 279 g/mol. The Hall–Kier alpha value is -1.85. The lowest BCUT2D eigenvalue weighted by Gasteiger charge is -2.20. The van der Waals surface area contributed by atoms with Gasteiger partial charge in [0.15, 0.2) is 0 Å². The molecule has 6 nitrogen and oxygen atoms in total. The van der Waals surface area contributed by atoms with Crippen molar-refractivity contribution < 1.29 is 4.79 Å². The maximum absolute atomic E-state index is 11.8. The highest BCUT2D eigenvalue weighted by Crippen LogP contribution is 2.24. The number of carbonyl (C=O) groups is 1. The third kappa shape index (κ3) is 3.82. The maximum atomic E-state index is 11.8. The molecule has 1 heterocycles. The van der Waals surface area contributed by atoms with E-state index in [0.717, 1.165) is 5.56 Å². The fraction of sp³-hybridized carbons (Fsp3) is 0.643. The molecule has 3 N–H and O–H groups in total. The summed E-state index contributed by atoms with van der Waals surface area (Å²) in [6.45, 7) is 10.7. The Morgan fingerprint density at radius 1 is 1.35 bits per heavy atom. The molecule has 1 rings (SSSR count). The molecule has 0 spiro atoms. The Labute approximate surface area is 120 Å². The molecule has 112 valence electrons.